The summed E-state index contributed by atoms with van der Waals surface area (Å²) < 4.78 is 0. The van der Waals surface area contributed by atoms with Crippen molar-refractivity contribution in [2.24, 2.45) is 5.10 Å². The van der Waals surface area contributed by atoms with Crippen LogP contribution < -0.4 is 5.43 Å². The summed E-state index contributed by atoms with van der Waals surface area (Å²) in [6, 6.07) is 13.2. The van der Waals surface area contributed by atoms with Gasteiger partial charge in [-0.2, -0.15) is 5.10 Å². The van der Waals surface area contributed by atoms with Gasteiger partial charge in [0.2, 0.25) is 0 Å². The number of allylic oxidation sites excluding steroid dienone is 3. The molecule has 0 saturated heterocycles. The van der Waals surface area contributed by atoms with Crippen molar-refractivity contribution in [2.45, 2.75) is 13.8 Å². The molecule has 8 heteroatoms. The molecule has 0 fully saturated rings. The van der Waals surface area contributed by atoms with Gasteiger partial charge in [-0.05, 0) is 37.1 Å². The van der Waals surface area contributed by atoms with E-state index in [-0.39, 0.29) is 11.4 Å². The van der Waals surface area contributed by atoms with Crippen molar-refractivity contribution in [3.05, 3.63) is 92.0 Å². The molecule has 0 aromatic heterocycles. The van der Waals surface area contributed by atoms with E-state index in [1.807, 2.05) is 55.5 Å². The predicted molar refractivity (Wildman–Crippen MR) is 106 cm³/mol. The number of nitrogens with one attached hydrogen (secondary N) is 1. The molecule has 0 aliphatic rings. The number of hydrogen-bond donors (Lipinski definition) is 1. The average Bonchev–Trinajstić information content (AvgIpc) is 2.65. The summed E-state index contributed by atoms with van der Waals surface area (Å²) in [5.74, 6) is 0. The van der Waals surface area contributed by atoms with Gasteiger partial charge in [0.15, 0.2) is 0 Å². The molecule has 0 saturated carbocycles. The zero-order chi connectivity index (χ0) is 19.8. The average molecular weight is 366 g/mol. The van der Waals surface area contributed by atoms with E-state index < -0.39 is 15.5 Å². The van der Waals surface area contributed by atoms with Crippen molar-refractivity contribution in [1.29, 1.82) is 0 Å². The van der Waals surface area contributed by atoms with Crippen LogP contribution in [-0.2, 0) is 0 Å². The maximum absolute atomic E-state index is 11.1. The Morgan fingerprint density at radius 3 is 2.37 bits per heavy atom. The van der Waals surface area contributed by atoms with Crippen LogP contribution in [0.25, 0.3) is 6.08 Å². The van der Waals surface area contributed by atoms with Crippen LogP contribution in [0.3, 0.4) is 0 Å². The normalized spacial score (nSPS) is 12.2. The number of rotatable bonds is 7. The minimum Gasteiger partial charge on any atom is -0.271 e. The zero-order valence-electron chi connectivity index (χ0n) is 14.8. The van der Waals surface area contributed by atoms with E-state index in [0.29, 0.717) is 5.71 Å². The molecule has 0 bridgehead atoms. The highest BCUT2D eigenvalue weighted by Crippen LogP contribution is 2.28. The molecule has 0 heterocycles. The summed E-state index contributed by atoms with van der Waals surface area (Å²) in [5, 5.41) is 26.0. The van der Waals surface area contributed by atoms with Crippen LogP contribution >= 0.6 is 0 Å². The molecule has 2 rings (SSSR count). The van der Waals surface area contributed by atoms with E-state index in [4.69, 9.17) is 0 Å². The molecular weight excluding hydrogens is 348 g/mol. The van der Waals surface area contributed by atoms with Gasteiger partial charge in [-0.3, -0.25) is 25.7 Å². The summed E-state index contributed by atoms with van der Waals surface area (Å²) in [6.07, 6.45) is 5.71. The minimum atomic E-state index is -0.691. The molecule has 0 aliphatic carbocycles. The fraction of sp³-hybridized carbons (Fsp3) is 0.105. The van der Waals surface area contributed by atoms with Crippen LogP contribution in [0.1, 0.15) is 19.4 Å². The number of benzene rings is 2. The van der Waals surface area contributed by atoms with Crippen LogP contribution in [0.4, 0.5) is 17.1 Å². The maximum atomic E-state index is 11.1. The third-order valence-electron chi connectivity index (χ3n) is 3.52. The van der Waals surface area contributed by atoms with E-state index in [0.717, 1.165) is 17.2 Å². The zero-order valence-corrected chi connectivity index (χ0v) is 14.8. The monoisotopic (exact) mass is 366 g/mol. The van der Waals surface area contributed by atoms with E-state index in [1.165, 1.54) is 12.1 Å². The molecule has 0 aliphatic heterocycles. The molecule has 0 radical (unpaired) electrons. The fourth-order valence-corrected chi connectivity index (χ4v) is 2.23. The number of hydrazone groups is 1. The predicted octanol–water partition coefficient (Wildman–Crippen LogP) is 4.95. The van der Waals surface area contributed by atoms with Gasteiger partial charge >= 0.3 is 5.69 Å². The number of nitrogens with zero attached hydrogens (tertiary/aromatic N) is 3. The highest BCUT2D eigenvalue weighted by Gasteiger charge is 2.19. The second-order valence-electron chi connectivity index (χ2n) is 5.71. The second kappa shape index (κ2) is 9.04. The van der Waals surface area contributed by atoms with Crippen LogP contribution in [0, 0.1) is 20.2 Å². The Hall–Kier alpha value is -3.81. The molecule has 1 N–H and O–H groups in total. The standard InChI is InChI=1S/C19H18N4O4/c1-14(8-9-16-6-4-3-5-7-16)12-15(2)20-21-18-11-10-17(22(24)25)13-19(18)23(26)27/h3-13,21H,1-2H3. The smallest absolute Gasteiger partial charge is 0.271 e. The molecule has 0 unspecified atom stereocenters. The Labute approximate surface area is 155 Å². The molecular formula is C19H18N4O4. The van der Waals surface area contributed by atoms with Crippen molar-refractivity contribution in [2.75, 3.05) is 5.43 Å². The van der Waals surface area contributed by atoms with E-state index >= 15 is 0 Å². The van der Waals surface area contributed by atoms with Gasteiger partial charge in [0.05, 0.1) is 21.6 Å². The molecule has 0 atom stereocenters. The minimum absolute atomic E-state index is 0.0795. The molecule has 8 nitrogen and oxygen atoms in total. The van der Waals surface area contributed by atoms with E-state index in [2.05, 4.69) is 10.5 Å². The van der Waals surface area contributed by atoms with Crippen molar-refractivity contribution >= 4 is 28.8 Å². The second-order valence-corrected chi connectivity index (χ2v) is 5.71. The first-order valence-corrected chi connectivity index (χ1v) is 8.01. The van der Waals surface area contributed by atoms with Crippen LogP contribution in [-0.4, -0.2) is 15.6 Å². The largest absolute Gasteiger partial charge is 0.301 e. The maximum Gasteiger partial charge on any atom is 0.301 e. The van der Waals surface area contributed by atoms with Crippen LogP contribution in [0.5, 0.6) is 0 Å². The summed E-state index contributed by atoms with van der Waals surface area (Å²) >= 11 is 0. The van der Waals surface area contributed by atoms with Gasteiger partial charge < -0.3 is 0 Å². The highest BCUT2D eigenvalue weighted by atomic mass is 16.6. The lowest BCUT2D eigenvalue weighted by molar-refractivity contribution is -0.393. The number of hydrogen-bond acceptors (Lipinski definition) is 6. The quantitative estimate of drug-likeness (QED) is 0.322. The molecule has 138 valence electrons. The van der Waals surface area contributed by atoms with E-state index in [9.17, 15) is 20.2 Å². The molecule has 2 aromatic carbocycles. The number of non-ortho nitro benzene ring substituents is 1. The first kappa shape index (κ1) is 19.5. The molecule has 27 heavy (non-hydrogen) atoms. The van der Waals surface area contributed by atoms with Gasteiger partial charge in [0.1, 0.15) is 5.69 Å². The van der Waals surface area contributed by atoms with Crippen LogP contribution in [0.15, 0.2) is 71.4 Å². The molecule has 2 aromatic rings. The Balaban J connectivity index is 2.13. The topological polar surface area (TPSA) is 111 Å². The Morgan fingerprint density at radius 1 is 1.04 bits per heavy atom. The summed E-state index contributed by atoms with van der Waals surface area (Å²) in [6.45, 7) is 3.65. The van der Waals surface area contributed by atoms with Crippen molar-refractivity contribution in [3.63, 3.8) is 0 Å². The lowest BCUT2D eigenvalue weighted by Gasteiger charge is -2.03. The number of anilines is 1. The van der Waals surface area contributed by atoms with Crippen LogP contribution in [0.2, 0.25) is 0 Å². The molecule has 0 spiro atoms. The van der Waals surface area contributed by atoms with Gasteiger partial charge in [0, 0.05) is 6.07 Å². The van der Waals surface area contributed by atoms with Gasteiger partial charge in [-0.25, -0.2) is 0 Å². The lowest BCUT2D eigenvalue weighted by atomic mass is 10.1. The third kappa shape index (κ3) is 5.89. The SMILES string of the molecule is CC(C=Cc1ccccc1)=CC(C)=NNc1ccc([N+](=O)[O-])cc1[N+](=O)[O-]. The van der Waals surface area contributed by atoms with Gasteiger partial charge in [-0.15, -0.1) is 0 Å². The fourth-order valence-electron chi connectivity index (χ4n) is 2.23. The van der Waals surface area contributed by atoms with Crippen molar-refractivity contribution in [3.8, 4) is 0 Å². The lowest BCUT2D eigenvalue weighted by Crippen LogP contribution is -2.00. The number of nitro groups is 2. The first-order chi connectivity index (χ1) is 12.9. The number of nitro benzene ring substituents is 2. The summed E-state index contributed by atoms with van der Waals surface area (Å²) in [5.41, 5.74) is 4.52. The van der Waals surface area contributed by atoms with Gasteiger partial charge in [0.25, 0.3) is 5.69 Å². The van der Waals surface area contributed by atoms with Crippen molar-refractivity contribution < 1.29 is 9.85 Å². The third-order valence-corrected chi connectivity index (χ3v) is 3.52. The molecule has 0 amide bonds. The summed E-state index contributed by atoms with van der Waals surface area (Å²) in [4.78, 5) is 20.5. The first-order valence-electron chi connectivity index (χ1n) is 8.01. The highest BCUT2D eigenvalue weighted by molar-refractivity contribution is 5.94. The van der Waals surface area contributed by atoms with Crippen molar-refractivity contribution in [1.82, 2.24) is 0 Å². The van der Waals surface area contributed by atoms with Gasteiger partial charge in [-0.1, -0.05) is 42.5 Å². The Morgan fingerprint density at radius 2 is 1.74 bits per heavy atom. The Kier molecular flexibility index (Phi) is 6.54. The Bertz CT molecular complexity index is 934. The summed E-state index contributed by atoms with van der Waals surface area (Å²) in [7, 11) is 0. The van der Waals surface area contributed by atoms with E-state index in [1.54, 1.807) is 6.92 Å².